The van der Waals surface area contributed by atoms with Crippen molar-refractivity contribution >= 4 is 11.9 Å². The van der Waals surface area contributed by atoms with E-state index in [0.29, 0.717) is 12.8 Å². The van der Waals surface area contributed by atoms with Crippen LogP contribution in [0, 0.1) is 0 Å². The summed E-state index contributed by atoms with van der Waals surface area (Å²) in [4.78, 5) is 24.9. The number of rotatable bonds is 5. The number of carbonyl (C=O) groups is 2. The molecule has 1 amide bonds. The van der Waals surface area contributed by atoms with Gasteiger partial charge in [-0.25, -0.2) is 0 Å². The predicted octanol–water partition coefficient (Wildman–Crippen LogP) is 1.21. The SMILES string of the molecule is Cn1cc(CC(=O)N2CCCCC2CCC(=O)O)cn1. The fourth-order valence-corrected chi connectivity index (χ4v) is 2.76. The van der Waals surface area contributed by atoms with Crippen molar-refractivity contribution in [2.24, 2.45) is 7.05 Å². The first-order valence-corrected chi connectivity index (χ1v) is 7.05. The summed E-state index contributed by atoms with van der Waals surface area (Å²) < 4.78 is 1.68. The normalized spacial score (nSPS) is 19.1. The second-order valence-electron chi connectivity index (χ2n) is 5.37. The number of piperidine rings is 1. The van der Waals surface area contributed by atoms with E-state index >= 15 is 0 Å². The minimum absolute atomic E-state index is 0.0732. The summed E-state index contributed by atoms with van der Waals surface area (Å²) in [7, 11) is 1.82. The molecule has 2 rings (SSSR count). The summed E-state index contributed by atoms with van der Waals surface area (Å²) in [5.74, 6) is -0.719. The van der Waals surface area contributed by atoms with Crippen molar-refractivity contribution in [2.45, 2.75) is 44.6 Å². The summed E-state index contributed by atoms with van der Waals surface area (Å²) in [5, 5.41) is 12.9. The summed E-state index contributed by atoms with van der Waals surface area (Å²) in [6, 6.07) is 0.0732. The average molecular weight is 279 g/mol. The fraction of sp³-hybridized carbons (Fsp3) is 0.643. The second-order valence-corrected chi connectivity index (χ2v) is 5.37. The van der Waals surface area contributed by atoms with Crippen LogP contribution in [-0.4, -0.2) is 44.3 Å². The molecule has 0 aromatic carbocycles. The number of carboxylic acids is 1. The molecule has 0 spiro atoms. The highest BCUT2D eigenvalue weighted by molar-refractivity contribution is 5.79. The molecule has 0 radical (unpaired) electrons. The van der Waals surface area contributed by atoms with E-state index < -0.39 is 5.97 Å². The maximum absolute atomic E-state index is 12.4. The molecule has 1 aliphatic rings. The van der Waals surface area contributed by atoms with E-state index in [4.69, 9.17) is 5.11 Å². The van der Waals surface area contributed by atoms with E-state index in [2.05, 4.69) is 5.10 Å². The van der Waals surface area contributed by atoms with Gasteiger partial charge in [0.1, 0.15) is 0 Å². The highest BCUT2D eigenvalue weighted by Crippen LogP contribution is 2.22. The summed E-state index contributed by atoms with van der Waals surface area (Å²) in [6.07, 6.45) is 7.55. The topological polar surface area (TPSA) is 75.4 Å². The van der Waals surface area contributed by atoms with Gasteiger partial charge in [-0.1, -0.05) is 0 Å². The Hall–Kier alpha value is -1.85. The lowest BCUT2D eigenvalue weighted by molar-refractivity contribution is -0.139. The van der Waals surface area contributed by atoms with Gasteiger partial charge >= 0.3 is 5.97 Å². The fourth-order valence-electron chi connectivity index (χ4n) is 2.76. The molecule has 2 heterocycles. The molecule has 1 unspecified atom stereocenters. The maximum Gasteiger partial charge on any atom is 0.303 e. The van der Waals surface area contributed by atoms with Crippen LogP contribution in [0.5, 0.6) is 0 Å². The number of carbonyl (C=O) groups excluding carboxylic acids is 1. The smallest absolute Gasteiger partial charge is 0.303 e. The van der Waals surface area contributed by atoms with Crippen molar-refractivity contribution in [3.8, 4) is 0 Å². The Morgan fingerprint density at radius 2 is 2.25 bits per heavy atom. The van der Waals surface area contributed by atoms with Crippen LogP contribution >= 0.6 is 0 Å². The van der Waals surface area contributed by atoms with E-state index in [1.165, 1.54) is 0 Å². The number of nitrogens with zero attached hydrogens (tertiary/aromatic N) is 3. The molecule has 1 aromatic heterocycles. The van der Waals surface area contributed by atoms with Crippen LogP contribution in [0.2, 0.25) is 0 Å². The summed E-state index contributed by atoms with van der Waals surface area (Å²) >= 11 is 0. The van der Waals surface area contributed by atoms with Crippen LogP contribution in [0.15, 0.2) is 12.4 Å². The van der Waals surface area contributed by atoms with Gasteiger partial charge < -0.3 is 10.0 Å². The molecular weight excluding hydrogens is 258 g/mol. The Labute approximate surface area is 118 Å². The minimum Gasteiger partial charge on any atom is -0.481 e. The third-order valence-electron chi connectivity index (χ3n) is 3.75. The Balaban J connectivity index is 1.95. The molecule has 0 saturated carbocycles. The zero-order valence-electron chi connectivity index (χ0n) is 11.8. The molecule has 1 saturated heterocycles. The molecule has 110 valence electrons. The monoisotopic (exact) mass is 279 g/mol. The van der Waals surface area contributed by atoms with Gasteiger partial charge in [-0.2, -0.15) is 5.10 Å². The van der Waals surface area contributed by atoms with Crippen LogP contribution in [-0.2, 0) is 23.1 Å². The standard InChI is InChI=1S/C14H21N3O3/c1-16-10-11(9-15-16)8-13(18)17-7-3-2-4-12(17)5-6-14(19)20/h9-10,12H,2-8H2,1H3,(H,19,20). The highest BCUT2D eigenvalue weighted by Gasteiger charge is 2.27. The quantitative estimate of drug-likeness (QED) is 0.879. The van der Waals surface area contributed by atoms with E-state index in [9.17, 15) is 9.59 Å². The molecular formula is C14H21N3O3. The van der Waals surface area contributed by atoms with Gasteiger partial charge in [-0.3, -0.25) is 14.3 Å². The average Bonchev–Trinajstić information content (AvgIpc) is 2.82. The lowest BCUT2D eigenvalue weighted by Gasteiger charge is -2.35. The van der Waals surface area contributed by atoms with Crippen LogP contribution in [0.3, 0.4) is 0 Å². The Morgan fingerprint density at radius 1 is 1.45 bits per heavy atom. The van der Waals surface area contributed by atoms with Gasteiger partial charge in [0, 0.05) is 32.3 Å². The molecule has 6 nitrogen and oxygen atoms in total. The number of amides is 1. The van der Waals surface area contributed by atoms with Crippen molar-refractivity contribution < 1.29 is 14.7 Å². The van der Waals surface area contributed by atoms with Gasteiger partial charge in [0.25, 0.3) is 0 Å². The molecule has 1 fully saturated rings. The predicted molar refractivity (Wildman–Crippen MR) is 73.1 cm³/mol. The van der Waals surface area contributed by atoms with Gasteiger partial charge in [0.05, 0.1) is 12.6 Å². The second kappa shape index (κ2) is 6.54. The van der Waals surface area contributed by atoms with Crippen molar-refractivity contribution in [3.05, 3.63) is 18.0 Å². The lowest BCUT2D eigenvalue weighted by Crippen LogP contribution is -2.44. The number of hydrogen-bond acceptors (Lipinski definition) is 3. The molecule has 0 aliphatic carbocycles. The number of aliphatic carboxylic acids is 1. The minimum atomic E-state index is -0.796. The number of aryl methyl sites for hydroxylation is 1. The first kappa shape index (κ1) is 14.6. The van der Waals surface area contributed by atoms with Gasteiger partial charge in [0.2, 0.25) is 5.91 Å². The largest absolute Gasteiger partial charge is 0.481 e. The Kier molecular flexibility index (Phi) is 4.76. The first-order valence-electron chi connectivity index (χ1n) is 7.05. The summed E-state index contributed by atoms with van der Waals surface area (Å²) in [6.45, 7) is 0.739. The third kappa shape index (κ3) is 3.82. The van der Waals surface area contributed by atoms with Crippen LogP contribution in [0.25, 0.3) is 0 Å². The Bertz CT molecular complexity index is 484. The molecule has 0 bridgehead atoms. The first-order chi connectivity index (χ1) is 9.56. The Morgan fingerprint density at radius 3 is 2.90 bits per heavy atom. The zero-order valence-corrected chi connectivity index (χ0v) is 11.8. The van der Waals surface area contributed by atoms with Gasteiger partial charge in [-0.05, 0) is 31.2 Å². The maximum atomic E-state index is 12.4. The van der Waals surface area contributed by atoms with E-state index in [0.717, 1.165) is 31.4 Å². The number of hydrogen-bond donors (Lipinski definition) is 1. The van der Waals surface area contributed by atoms with Gasteiger partial charge in [-0.15, -0.1) is 0 Å². The number of aromatic nitrogens is 2. The van der Waals surface area contributed by atoms with Crippen LogP contribution in [0.1, 0.15) is 37.7 Å². The highest BCUT2D eigenvalue weighted by atomic mass is 16.4. The molecule has 6 heteroatoms. The summed E-state index contributed by atoms with van der Waals surface area (Å²) in [5.41, 5.74) is 0.903. The zero-order chi connectivity index (χ0) is 14.5. The van der Waals surface area contributed by atoms with Crippen molar-refractivity contribution in [2.75, 3.05) is 6.54 Å². The molecule has 1 N–H and O–H groups in total. The van der Waals surface area contributed by atoms with Gasteiger partial charge in [0.15, 0.2) is 0 Å². The molecule has 1 aromatic rings. The molecule has 1 atom stereocenters. The van der Waals surface area contributed by atoms with Crippen molar-refractivity contribution in [3.63, 3.8) is 0 Å². The van der Waals surface area contributed by atoms with Crippen LogP contribution in [0.4, 0.5) is 0 Å². The van der Waals surface area contributed by atoms with Crippen molar-refractivity contribution in [1.29, 1.82) is 0 Å². The van der Waals surface area contributed by atoms with E-state index in [1.54, 1.807) is 10.9 Å². The van der Waals surface area contributed by atoms with E-state index in [-0.39, 0.29) is 18.4 Å². The molecule has 20 heavy (non-hydrogen) atoms. The third-order valence-corrected chi connectivity index (χ3v) is 3.75. The lowest BCUT2D eigenvalue weighted by atomic mass is 9.97. The van der Waals surface area contributed by atoms with Crippen molar-refractivity contribution in [1.82, 2.24) is 14.7 Å². The molecule has 1 aliphatic heterocycles. The number of likely N-dealkylation sites (tertiary alicyclic amines) is 1. The van der Waals surface area contributed by atoms with E-state index in [1.807, 2.05) is 18.1 Å². The van der Waals surface area contributed by atoms with Crippen LogP contribution < -0.4 is 0 Å². The number of carboxylic acid groups (broad SMARTS) is 1.